The quantitative estimate of drug-likeness (QED) is 0.151. The molecule has 2 aliphatic rings. The third kappa shape index (κ3) is 5.59. The number of hydrogen-bond acceptors (Lipinski definition) is 10. The molecule has 11 nitrogen and oxygen atoms in total. The number of phenols is 4. The van der Waals surface area contributed by atoms with Gasteiger partial charge in [0.25, 0.3) is 0 Å². The van der Waals surface area contributed by atoms with Gasteiger partial charge in [0.1, 0.15) is 24.3 Å². The zero-order valence-corrected chi connectivity index (χ0v) is 20.3. The molecule has 1 fully saturated rings. The highest BCUT2D eigenvalue weighted by molar-refractivity contribution is 5.90. The molecule has 0 aromatic heterocycles. The van der Waals surface area contributed by atoms with Crippen LogP contribution in [0.1, 0.15) is 29.5 Å². The fraction of sp³-hybridized carbons (Fsp3) is 0.423. The van der Waals surface area contributed by atoms with Gasteiger partial charge in [0.15, 0.2) is 23.0 Å². The van der Waals surface area contributed by atoms with Crippen LogP contribution in [0.5, 0.6) is 23.0 Å². The molecule has 5 unspecified atom stereocenters. The summed E-state index contributed by atoms with van der Waals surface area (Å²) in [6.45, 7) is 1.99. The first-order valence-corrected chi connectivity index (χ1v) is 12.0. The van der Waals surface area contributed by atoms with Crippen LogP contribution in [0.2, 0.25) is 0 Å². The van der Waals surface area contributed by atoms with E-state index in [1.165, 1.54) is 36.5 Å². The Bertz CT molecular complexity index is 1170. The fourth-order valence-corrected chi connectivity index (χ4v) is 4.90. The van der Waals surface area contributed by atoms with Gasteiger partial charge >= 0.3 is 0 Å². The van der Waals surface area contributed by atoms with Crippen molar-refractivity contribution in [1.82, 2.24) is 10.2 Å². The van der Waals surface area contributed by atoms with E-state index in [1.807, 2.05) is 0 Å². The first-order chi connectivity index (χ1) is 17.6. The largest absolute Gasteiger partial charge is 0.504 e. The lowest BCUT2D eigenvalue weighted by molar-refractivity contribution is -0.210. The molecule has 0 saturated carbocycles. The number of nitrogens with zero attached hydrogens (tertiary/aromatic N) is 1. The minimum absolute atomic E-state index is 0.159. The Morgan fingerprint density at radius 3 is 2.46 bits per heavy atom. The monoisotopic (exact) mass is 515 g/mol. The topological polar surface area (TPSA) is 190 Å². The second-order valence-electron chi connectivity index (χ2n) is 9.65. The van der Waals surface area contributed by atoms with E-state index in [9.17, 15) is 35.7 Å². The van der Waals surface area contributed by atoms with Crippen LogP contribution in [-0.2, 0) is 17.7 Å². The number of phenolic OH excluding ortho intramolecular Hbond substituents is 4. The van der Waals surface area contributed by atoms with Crippen LogP contribution in [0.25, 0.3) is 0 Å². The van der Waals surface area contributed by atoms with Crippen molar-refractivity contribution in [2.75, 3.05) is 13.2 Å². The molecule has 2 aromatic carbocycles. The molecule has 2 heterocycles. The van der Waals surface area contributed by atoms with Crippen molar-refractivity contribution in [3.63, 3.8) is 0 Å². The Labute approximate surface area is 214 Å². The van der Waals surface area contributed by atoms with Crippen LogP contribution in [-0.4, -0.2) is 84.2 Å². The number of amidine groups is 1. The van der Waals surface area contributed by atoms with Crippen molar-refractivity contribution in [3.8, 4) is 23.0 Å². The van der Waals surface area contributed by atoms with Gasteiger partial charge in [-0.2, -0.15) is 0 Å². The molecular formula is C26H33N3O8. The number of ether oxygens (including phenoxy) is 1. The summed E-state index contributed by atoms with van der Waals surface area (Å²) in [6, 6.07) is 7.57. The predicted octanol–water partition coefficient (Wildman–Crippen LogP) is 0.807. The van der Waals surface area contributed by atoms with E-state index >= 15 is 0 Å². The number of hydrogen-bond donors (Lipinski definition) is 9. The molecule has 9 N–H and O–H groups in total. The van der Waals surface area contributed by atoms with E-state index in [0.29, 0.717) is 19.5 Å². The zero-order chi connectivity index (χ0) is 26.9. The summed E-state index contributed by atoms with van der Waals surface area (Å²) in [5.41, 5.74) is 2.32. The lowest BCUT2D eigenvalue weighted by Crippen LogP contribution is -2.57. The van der Waals surface area contributed by atoms with Gasteiger partial charge < -0.3 is 50.7 Å². The highest BCUT2D eigenvalue weighted by Gasteiger charge is 2.41. The van der Waals surface area contributed by atoms with Gasteiger partial charge in [0, 0.05) is 31.1 Å². The summed E-state index contributed by atoms with van der Waals surface area (Å²) < 4.78 is 5.63. The molecule has 1 saturated heterocycles. The number of benzene rings is 2. The Hall–Kier alpha value is -3.51. The SMILES string of the molecule is C[C@H]1C(N/C=C\C(=N)N2Cc3cc(O)c(O)cc3C(Cc3ccc(O)c(O)c3)C2)OC(CO)C(O)C1O. The Balaban J connectivity index is 1.49. The molecule has 2 aromatic rings. The van der Waals surface area contributed by atoms with Crippen molar-refractivity contribution >= 4 is 5.84 Å². The molecular weight excluding hydrogens is 482 g/mol. The van der Waals surface area contributed by atoms with Gasteiger partial charge in [0.05, 0.1) is 12.7 Å². The highest BCUT2D eigenvalue weighted by atomic mass is 16.5. The third-order valence-electron chi connectivity index (χ3n) is 7.09. The first kappa shape index (κ1) is 26.6. The molecule has 37 heavy (non-hydrogen) atoms. The Morgan fingerprint density at radius 1 is 1.05 bits per heavy atom. The molecule has 4 rings (SSSR count). The van der Waals surface area contributed by atoms with Crippen LogP contribution >= 0.6 is 0 Å². The van der Waals surface area contributed by atoms with E-state index in [4.69, 9.17) is 10.1 Å². The number of nitrogens with one attached hydrogen (secondary N) is 2. The van der Waals surface area contributed by atoms with E-state index < -0.39 is 37.1 Å². The highest BCUT2D eigenvalue weighted by Crippen LogP contribution is 2.38. The second kappa shape index (κ2) is 10.9. The van der Waals surface area contributed by atoms with Crippen LogP contribution < -0.4 is 5.32 Å². The molecule has 2 aliphatic heterocycles. The summed E-state index contributed by atoms with van der Waals surface area (Å²) in [4.78, 5) is 1.79. The third-order valence-corrected chi connectivity index (χ3v) is 7.09. The van der Waals surface area contributed by atoms with Gasteiger partial charge in [-0.25, -0.2) is 0 Å². The molecule has 0 radical (unpaired) electrons. The molecule has 11 heteroatoms. The number of aliphatic hydroxyl groups is 3. The number of aromatic hydroxyl groups is 4. The molecule has 0 bridgehead atoms. The second-order valence-corrected chi connectivity index (χ2v) is 9.65. The van der Waals surface area contributed by atoms with Crippen molar-refractivity contribution in [1.29, 1.82) is 5.41 Å². The van der Waals surface area contributed by atoms with Gasteiger partial charge in [-0.05, 0) is 53.5 Å². The number of aliphatic hydroxyl groups excluding tert-OH is 3. The van der Waals surface area contributed by atoms with Crippen molar-refractivity contribution in [2.45, 2.75) is 50.3 Å². The van der Waals surface area contributed by atoms with Gasteiger partial charge in [-0.1, -0.05) is 13.0 Å². The van der Waals surface area contributed by atoms with Gasteiger partial charge in [0.2, 0.25) is 0 Å². The maximum atomic E-state index is 10.2. The van der Waals surface area contributed by atoms with E-state index in [2.05, 4.69) is 5.32 Å². The molecule has 200 valence electrons. The van der Waals surface area contributed by atoms with Gasteiger partial charge in [-0.15, -0.1) is 0 Å². The minimum Gasteiger partial charge on any atom is -0.504 e. The van der Waals surface area contributed by atoms with E-state index in [0.717, 1.165) is 16.7 Å². The Morgan fingerprint density at radius 2 is 1.76 bits per heavy atom. The minimum atomic E-state index is -1.20. The van der Waals surface area contributed by atoms with E-state index in [1.54, 1.807) is 17.9 Å². The van der Waals surface area contributed by atoms with E-state index in [-0.39, 0.29) is 34.8 Å². The number of rotatable bonds is 6. The number of fused-ring (bicyclic) bond motifs is 1. The summed E-state index contributed by atoms with van der Waals surface area (Å²) in [7, 11) is 0. The van der Waals surface area contributed by atoms with Crippen LogP contribution in [0, 0.1) is 11.3 Å². The average Bonchev–Trinajstić information content (AvgIpc) is 2.87. The van der Waals surface area contributed by atoms with Crippen LogP contribution in [0.3, 0.4) is 0 Å². The molecule has 6 atom stereocenters. The first-order valence-electron chi connectivity index (χ1n) is 12.0. The normalized spacial score (nSPS) is 27.7. The lowest BCUT2D eigenvalue weighted by atomic mass is 9.84. The average molecular weight is 516 g/mol. The molecule has 0 spiro atoms. The maximum absolute atomic E-state index is 10.2. The van der Waals surface area contributed by atoms with Crippen LogP contribution in [0.4, 0.5) is 0 Å². The maximum Gasteiger partial charge on any atom is 0.157 e. The summed E-state index contributed by atoms with van der Waals surface area (Å²) in [6.07, 6.45) is -0.408. The summed E-state index contributed by atoms with van der Waals surface area (Å²) in [5, 5.41) is 80.9. The Kier molecular flexibility index (Phi) is 7.79. The summed E-state index contributed by atoms with van der Waals surface area (Å²) in [5.74, 6) is -1.45. The van der Waals surface area contributed by atoms with Crippen molar-refractivity contribution in [3.05, 3.63) is 59.3 Å². The summed E-state index contributed by atoms with van der Waals surface area (Å²) >= 11 is 0. The standard InChI is InChI=1S/C26H33N3O8/c1-13-24(35)25(36)22(12-30)37-26(13)28-5-4-23(27)29-10-15(6-14-2-3-18(31)19(32)7-14)17-9-21(34)20(33)8-16(17)11-29/h2-5,7-9,13,15,22,24-28,30-36H,6,10-12H2,1H3/b5-4-,27-23?/t13-,15?,22?,24?,25?,26?/m1/s1. The zero-order valence-electron chi connectivity index (χ0n) is 20.3. The smallest absolute Gasteiger partial charge is 0.157 e. The fourth-order valence-electron chi connectivity index (χ4n) is 4.90. The van der Waals surface area contributed by atoms with Crippen molar-refractivity contribution < 1.29 is 40.5 Å². The molecule has 0 amide bonds. The molecule has 0 aliphatic carbocycles. The van der Waals surface area contributed by atoms with Gasteiger partial charge in [-0.3, -0.25) is 5.41 Å². The van der Waals surface area contributed by atoms with Crippen LogP contribution in [0.15, 0.2) is 42.6 Å². The predicted molar refractivity (Wildman–Crippen MR) is 133 cm³/mol. The van der Waals surface area contributed by atoms with Crippen molar-refractivity contribution in [2.24, 2.45) is 5.92 Å². The lowest BCUT2D eigenvalue weighted by Gasteiger charge is -2.41.